The third-order valence-electron chi connectivity index (χ3n) is 2.10. The van der Waals surface area contributed by atoms with Crippen LogP contribution in [0.4, 0.5) is 8.78 Å². The van der Waals surface area contributed by atoms with Crippen molar-refractivity contribution in [1.82, 2.24) is 5.43 Å². The minimum absolute atomic E-state index is 0.000805. The lowest BCUT2D eigenvalue weighted by Crippen LogP contribution is -2.30. The van der Waals surface area contributed by atoms with Crippen LogP contribution in [-0.2, 0) is 11.2 Å². The highest BCUT2D eigenvalue weighted by atomic mass is 19.1. The second-order valence-corrected chi connectivity index (χ2v) is 3.15. The number of halogens is 2. The van der Waals surface area contributed by atoms with Crippen LogP contribution in [0.15, 0.2) is 12.1 Å². The van der Waals surface area contributed by atoms with Crippen LogP contribution in [0, 0.1) is 11.6 Å². The highest BCUT2D eigenvalue weighted by Gasteiger charge is 2.11. The van der Waals surface area contributed by atoms with E-state index in [-0.39, 0.29) is 24.2 Å². The van der Waals surface area contributed by atoms with Gasteiger partial charge in [-0.3, -0.25) is 10.2 Å². The summed E-state index contributed by atoms with van der Waals surface area (Å²) >= 11 is 0. The van der Waals surface area contributed by atoms with Gasteiger partial charge < -0.3 is 4.74 Å². The zero-order valence-corrected chi connectivity index (χ0v) is 8.72. The lowest BCUT2D eigenvalue weighted by molar-refractivity contribution is -0.121. The molecule has 3 N–H and O–H groups in total. The third-order valence-corrected chi connectivity index (χ3v) is 2.10. The van der Waals surface area contributed by atoms with E-state index in [4.69, 9.17) is 5.84 Å². The normalized spacial score (nSPS) is 10.0. The molecule has 0 bridgehead atoms. The Kier molecular flexibility index (Phi) is 4.19. The molecule has 88 valence electrons. The first-order chi connectivity index (χ1) is 7.58. The first-order valence-electron chi connectivity index (χ1n) is 4.59. The summed E-state index contributed by atoms with van der Waals surface area (Å²) in [7, 11) is 1.25. The van der Waals surface area contributed by atoms with E-state index in [0.29, 0.717) is 0 Å². The maximum absolute atomic E-state index is 13.4. The Hall–Kier alpha value is -1.69. The molecular formula is C10H12F2N2O2. The molecule has 1 aromatic rings. The van der Waals surface area contributed by atoms with Crippen LogP contribution in [0.2, 0.25) is 0 Å². The fourth-order valence-electron chi connectivity index (χ4n) is 1.24. The summed E-state index contributed by atoms with van der Waals surface area (Å²) in [6, 6.07) is 1.96. The zero-order valence-electron chi connectivity index (χ0n) is 8.72. The highest BCUT2D eigenvalue weighted by molar-refractivity contribution is 5.75. The van der Waals surface area contributed by atoms with Crippen molar-refractivity contribution in [2.45, 2.75) is 12.8 Å². The quantitative estimate of drug-likeness (QED) is 0.459. The van der Waals surface area contributed by atoms with Gasteiger partial charge in [-0.1, -0.05) is 0 Å². The summed E-state index contributed by atoms with van der Waals surface area (Å²) in [5.74, 6) is 3.00. The molecule has 0 fully saturated rings. The number of amides is 1. The number of carbonyl (C=O) groups is 1. The molecule has 1 rings (SSSR count). The number of carbonyl (C=O) groups excluding carboxylic acids is 1. The van der Waals surface area contributed by atoms with Crippen molar-refractivity contribution in [2.24, 2.45) is 5.84 Å². The largest absolute Gasteiger partial charge is 0.494 e. The predicted octanol–water partition coefficient (Wildman–Crippen LogP) is 0.896. The molecule has 4 nitrogen and oxygen atoms in total. The van der Waals surface area contributed by atoms with Gasteiger partial charge in [0.15, 0.2) is 11.6 Å². The van der Waals surface area contributed by atoms with Crippen LogP contribution in [0.1, 0.15) is 12.0 Å². The topological polar surface area (TPSA) is 64.3 Å². The standard InChI is InChI=1S/C10H12F2N2O2/c1-16-9-5-7(11)6(4-8(9)12)2-3-10(15)14-13/h4-5H,2-3,13H2,1H3,(H,14,15). The van der Waals surface area contributed by atoms with Crippen molar-refractivity contribution in [3.05, 3.63) is 29.3 Å². The molecule has 0 aliphatic carbocycles. The van der Waals surface area contributed by atoms with Crippen molar-refractivity contribution >= 4 is 5.91 Å². The summed E-state index contributed by atoms with van der Waals surface area (Å²) in [4.78, 5) is 10.8. The second kappa shape index (κ2) is 5.41. The Labute approximate surface area is 91.4 Å². The van der Waals surface area contributed by atoms with Gasteiger partial charge in [-0.25, -0.2) is 14.6 Å². The van der Waals surface area contributed by atoms with Crippen molar-refractivity contribution in [3.63, 3.8) is 0 Å². The van der Waals surface area contributed by atoms with Gasteiger partial charge in [0, 0.05) is 12.5 Å². The van der Waals surface area contributed by atoms with Gasteiger partial charge in [-0.2, -0.15) is 0 Å². The molecule has 0 saturated heterocycles. The molecular weight excluding hydrogens is 218 g/mol. The van der Waals surface area contributed by atoms with E-state index in [1.807, 2.05) is 5.43 Å². The molecule has 1 amide bonds. The summed E-state index contributed by atoms with van der Waals surface area (Å²) < 4.78 is 31.2. The molecule has 0 unspecified atom stereocenters. The second-order valence-electron chi connectivity index (χ2n) is 3.15. The average Bonchev–Trinajstić information content (AvgIpc) is 2.29. The van der Waals surface area contributed by atoms with Crippen LogP contribution in [0.5, 0.6) is 5.75 Å². The Bertz CT molecular complexity index is 397. The van der Waals surface area contributed by atoms with Crippen LogP contribution in [0.25, 0.3) is 0 Å². The minimum Gasteiger partial charge on any atom is -0.494 e. The molecule has 0 spiro atoms. The van der Waals surface area contributed by atoms with E-state index >= 15 is 0 Å². The first-order valence-corrected chi connectivity index (χ1v) is 4.59. The third kappa shape index (κ3) is 2.90. The maximum atomic E-state index is 13.4. The van der Waals surface area contributed by atoms with Crippen molar-refractivity contribution in [2.75, 3.05) is 7.11 Å². The number of hydrazine groups is 1. The Morgan fingerprint density at radius 2 is 2.12 bits per heavy atom. The molecule has 0 radical (unpaired) electrons. The average molecular weight is 230 g/mol. The maximum Gasteiger partial charge on any atom is 0.234 e. The van der Waals surface area contributed by atoms with Gasteiger partial charge in [0.2, 0.25) is 5.91 Å². The van der Waals surface area contributed by atoms with Gasteiger partial charge in [-0.15, -0.1) is 0 Å². The van der Waals surface area contributed by atoms with Crippen LogP contribution >= 0.6 is 0 Å². The molecule has 0 atom stereocenters. The smallest absolute Gasteiger partial charge is 0.234 e. The molecule has 16 heavy (non-hydrogen) atoms. The Morgan fingerprint density at radius 1 is 1.44 bits per heavy atom. The number of nitrogens with one attached hydrogen (secondary N) is 1. The van der Waals surface area contributed by atoms with Gasteiger partial charge in [0.25, 0.3) is 0 Å². The number of benzene rings is 1. The lowest BCUT2D eigenvalue weighted by Gasteiger charge is -2.06. The van der Waals surface area contributed by atoms with Gasteiger partial charge in [0.05, 0.1) is 7.11 Å². The summed E-state index contributed by atoms with van der Waals surface area (Å²) in [5.41, 5.74) is 2.02. The molecule has 0 heterocycles. The number of hydrogen-bond donors (Lipinski definition) is 2. The lowest BCUT2D eigenvalue weighted by atomic mass is 10.1. The minimum atomic E-state index is -0.660. The van der Waals surface area contributed by atoms with Crippen molar-refractivity contribution < 1.29 is 18.3 Å². The Morgan fingerprint density at radius 3 is 2.69 bits per heavy atom. The first kappa shape index (κ1) is 12.4. The van der Waals surface area contributed by atoms with E-state index in [9.17, 15) is 13.6 Å². The van der Waals surface area contributed by atoms with E-state index in [1.165, 1.54) is 7.11 Å². The highest BCUT2D eigenvalue weighted by Crippen LogP contribution is 2.21. The monoisotopic (exact) mass is 230 g/mol. The molecule has 0 saturated carbocycles. The van der Waals surface area contributed by atoms with E-state index in [2.05, 4.69) is 4.74 Å². The number of methoxy groups -OCH3 is 1. The number of rotatable bonds is 4. The van der Waals surface area contributed by atoms with Crippen molar-refractivity contribution in [1.29, 1.82) is 0 Å². The number of ether oxygens (including phenoxy) is 1. The van der Waals surface area contributed by atoms with Crippen LogP contribution in [0.3, 0.4) is 0 Å². The molecule has 6 heteroatoms. The molecule has 0 aliphatic rings. The van der Waals surface area contributed by atoms with Gasteiger partial charge in [-0.05, 0) is 18.1 Å². The van der Waals surface area contributed by atoms with Crippen LogP contribution < -0.4 is 16.0 Å². The molecule has 0 aliphatic heterocycles. The van der Waals surface area contributed by atoms with E-state index in [0.717, 1.165) is 12.1 Å². The van der Waals surface area contributed by atoms with E-state index < -0.39 is 17.5 Å². The SMILES string of the molecule is COc1cc(F)c(CCC(=O)NN)cc1F. The van der Waals surface area contributed by atoms with E-state index in [1.54, 1.807) is 0 Å². The van der Waals surface area contributed by atoms with Gasteiger partial charge in [0.1, 0.15) is 5.82 Å². The number of hydrogen-bond acceptors (Lipinski definition) is 3. The number of nitrogens with two attached hydrogens (primary N) is 1. The summed E-state index contributed by atoms with van der Waals surface area (Å²) in [5, 5.41) is 0. The predicted molar refractivity (Wildman–Crippen MR) is 53.6 cm³/mol. The Balaban J connectivity index is 2.81. The van der Waals surface area contributed by atoms with Crippen LogP contribution in [-0.4, -0.2) is 13.0 Å². The fourth-order valence-corrected chi connectivity index (χ4v) is 1.24. The van der Waals surface area contributed by atoms with Crippen molar-refractivity contribution in [3.8, 4) is 5.75 Å². The summed E-state index contributed by atoms with van der Waals surface area (Å²) in [6.45, 7) is 0. The number of aryl methyl sites for hydroxylation is 1. The van der Waals surface area contributed by atoms with Gasteiger partial charge >= 0.3 is 0 Å². The molecule has 0 aromatic heterocycles. The fraction of sp³-hybridized carbons (Fsp3) is 0.300. The zero-order chi connectivity index (χ0) is 12.1. The molecule has 1 aromatic carbocycles. The summed E-state index contributed by atoms with van der Waals surface area (Å²) in [6.07, 6.45) is 0.0783.